The molecule has 0 spiro atoms. The summed E-state index contributed by atoms with van der Waals surface area (Å²) in [6.45, 7) is 4.15. The summed E-state index contributed by atoms with van der Waals surface area (Å²) in [5.41, 5.74) is 2.99. The standard InChI is InChI=1S/C24H24ClNO3/c1-24(2)13-20-23(21(27)14-24)19(15-6-4-9-18(10-15)29-3)12-22(28)26(20)17-8-5-7-16(25)11-17/h4-11,19H,12-14H2,1-3H3. The number of rotatable bonds is 3. The summed E-state index contributed by atoms with van der Waals surface area (Å²) in [5.74, 6) is 0.553. The molecule has 5 heteroatoms. The van der Waals surface area contributed by atoms with E-state index in [-0.39, 0.29) is 29.4 Å². The zero-order valence-electron chi connectivity index (χ0n) is 16.9. The Balaban J connectivity index is 1.90. The third kappa shape index (κ3) is 3.69. The van der Waals surface area contributed by atoms with Crippen LogP contribution >= 0.6 is 11.6 Å². The van der Waals surface area contributed by atoms with Crippen molar-refractivity contribution in [3.63, 3.8) is 0 Å². The number of methoxy groups -OCH3 is 1. The average Bonchev–Trinajstić information content (AvgIpc) is 2.66. The summed E-state index contributed by atoms with van der Waals surface area (Å²) in [4.78, 5) is 28.3. The Kier molecular flexibility index (Phi) is 4.99. The highest BCUT2D eigenvalue weighted by Gasteiger charge is 2.44. The van der Waals surface area contributed by atoms with E-state index in [2.05, 4.69) is 13.8 Å². The van der Waals surface area contributed by atoms with Gasteiger partial charge in [-0.15, -0.1) is 0 Å². The molecule has 2 aromatic rings. The van der Waals surface area contributed by atoms with Crippen LogP contribution < -0.4 is 9.64 Å². The first-order chi connectivity index (χ1) is 13.8. The van der Waals surface area contributed by atoms with Gasteiger partial charge in [-0.2, -0.15) is 0 Å². The zero-order valence-corrected chi connectivity index (χ0v) is 17.6. The van der Waals surface area contributed by atoms with Crippen LogP contribution in [0.5, 0.6) is 5.75 Å². The van der Waals surface area contributed by atoms with E-state index in [9.17, 15) is 9.59 Å². The molecule has 4 rings (SSSR count). The number of nitrogens with zero attached hydrogens (tertiary/aromatic N) is 1. The molecule has 1 atom stereocenters. The van der Waals surface area contributed by atoms with Crippen molar-refractivity contribution in [3.8, 4) is 5.75 Å². The van der Waals surface area contributed by atoms with Gasteiger partial charge in [0.2, 0.25) is 5.91 Å². The molecular weight excluding hydrogens is 386 g/mol. The molecule has 0 N–H and O–H groups in total. The highest BCUT2D eigenvalue weighted by molar-refractivity contribution is 6.31. The largest absolute Gasteiger partial charge is 0.497 e. The molecule has 0 saturated heterocycles. The fourth-order valence-electron chi connectivity index (χ4n) is 4.47. The SMILES string of the molecule is COc1cccc(C2CC(=O)N(c3cccc(Cl)c3)C3=C2C(=O)CC(C)(C)C3)c1. The van der Waals surface area contributed by atoms with Crippen LogP contribution in [0.2, 0.25) is 5.02 Å². The smallest absolute Gasteiger partial charge is 0.232 e. The van der Waals surface area contributed by atoms with E-state index in [1.807, 2.05) is 36.4 Å². The Hall–Kier alpha value is -2.59. The van der Waals surface area contributed by atoms with Gasteiger partial charge in [-0.3, -0.25) is 14.5 Å². The molecule has 0 radical (unpaired) electrons. The molecule has 1 aliphatic heterocycles. The number of carbonyl (C=O) groups is 2. The Morgan fingerprint density at radius 1 is 1.07 bits per heavy atom. The molecule has 1 aliphatic carbocycles. The van der Waals surface area contributed by atoms with E-state index in [1.165, 1.54) is 0 Å². The Morgan fingerprint density at radius 3 is 2.55 bits per heavy atom. The minimum atomic E-state index is -0.258. The van der Waals surface area contributed by atoms with Crippen LogP contribution in [0.15, 0.2) is 59.8 Å². The van der Waals surface area contributed by atoms with Crippen molar-refractivity contribution >= 4 is 29.0 Å². The lowest BCUT2D eigenvalue weighted by molar-refractivity contribution is -0.121. The highest BCUT2D eigenvalue weighted by atomic mass is 35.5. The minimum absolute atomic E-state index is 0.0238. The van der Waals surface area contributed by atoms with Gasteiger partial charge in [0.05, 0.1) is 12.8 Å². The lowest BCUT2D eigenvalue weighted by Crippen LogP contribution is -2.43. The topological polar surface area (TPSA) is 46.6 Å². The molecule has 2 aromatic carbocycles. The number of halogens is 1. The van der Waals surface area contributed by atoms with Crippen molar-refractivity contribution in [1.29, 1.82) is 0 Å². The summed E-state index contributed by atoms with van der Waals surface area (Å²) >= 11 is 6.19. The molecule has 1 unspecified atom stereocenters. The number of anilines is 1. The summed E-state index contributed by atoms with van der Waals surface area (Å²) in [6.07, 6.45) is 1.38. The van der Waals surface area contributed by atoms with Gasteiger partial charge in [-0.05, 0) is 47.7 Å². The first kappa shape index (κ1) is 19.7. The van der Waals surface area contributed by atoms with Crippen molar-refractivity contribution in [2.24, 2.45) is 5.41 Å². The van der Waals surface area contributed by atoms with Crippen LogP contribution in [-0.2, 0) is 9.59 Å². The van der Waals surface area contributed by atoms with Gasteiger partial charge in [0.25, 0.3) is 0 Å². The van der Waals surface area contributed by atoms with Crippen LogP contribution in [0, 0.1) is 5.41 Å². The van der Waals surface area contributed by atoms with E-state index in [0.29, 0.717) is 23.6 Å². The predicted molar refractivity (Wildman–Crippen MR) is 114 cm³/mol. The third-order valence-corrected chi connectivity index (χ3v) is 5.94. The molecule has 1 heterocycles. The molecular formula is C24H24ClNO3. The molecule has 4 nitrogen and oxygen atoms in total. The number of benzene rings is 2. The number of amides is 1. The van der Waals surface area contributed by atoms with Gasteiger partial charge in [0.15, 0.2) is 5.78 Å². The average molecular weight is 410 g/mol. The van der Waals surface area contributed by atoms with Crippen molar-refractivity contribution < 1.29 is 14.3 Å². The van der Waals surface area contributed by atoms with Crippen LogP contribution in [0.4, 0.5) is 5.69 Å². The summed E-state index contributed by atoms with van der Waals surface area (Å²) in [5, 5.41) is 0.564. The maximum absolute atomic E-state index is 13.3. The van der Waals surface area contributed by atoms with Crippen LogP contribution in [0.1, 0.15) is 44.6 Å². The van der Waals surface area contributed by atoms with Gasteiger partial charge < -0.3 is 4.74 Å². The van der Waals surface area contributed by atoms with E-state index < -0.39 is 0 Å². The minimum Gasteiger partial charge on any atom is -0.497 e. The molecule has 1 amide bonds. The second-order valence-electron chi connectivity index (χ2n) is 8.54. The van der Waals surface area contributed by atoms with Gasteiger partial charge >= 0.3 is 0 Å². The number of allylic oxidation sites excluding steroid dienone is 2. The first-order valence-electron chi connectivity index (χ1n) is 9.78. The molecule has 0 fully saturated rings. The van der Waals surface area contributed by atoms with Crippen molar-refractivity contribution in [2.75, 3.05) is 12.0 Å². The van der Waals surface area contributed by atoms with Crippen molar-refractivity contribution in [1.82, 2.24) is 0 Å². The van der Waals surface area contributed by atoms with Crippen LogP contribution in [-0.4, -0.2) is 18.8 Å². The highest BCUT2D eigenvalue weighted by Crippen LogP contribution is 2.48. The van der Waals surface area contributed by atoms with Gasteiger partial charge in [0, 0.05) is 35.1 Å². The second-order valence-corrected chi connectivity index (χ2v) is 8.98. The monoisotopic (exact) mass is 409 g/mol. The summed E-state index contributed by atoms with van der Waals surface area (Å²) in [6, 6.07) is 14.9. The zero-order chi connectivity index (χ0) is 20.8. The van der Waals surface area contributed by atoms with Crippen molar-refractivity contribution in [3.05, 3.63) is 70.4 Å². The van der Waals surface area contributed by atoms with Gasteiger partial charge in [-0.25, -0.2) is 0 Å². The van der Waals surface area contributed by atoms with E-state index >= 15 is 0 Å². The fraction of sp³-hybridized carbons (Fsp3) is 0.333. The maximum Gasteiger partial charge on any atom is 0.232 e. The molecule has 29 heavy (non-hydrogen) atoms. The third-order valence-electron chi connectivity index (χ3n) is 5.71. The number of Topliss-reactive ketones (excluding diaryl/α,β-unsaturated/α-hetero) is 1. The Bertz CT molecular complexity index is 1020. The molecule has 0 aromatic heterocycles. The summed E-state index contributed by atoms with van der Waals surface area (Å²) in [7, 11) is 1.62. The van der Waals surface area contributed by atoms with E-state index in [1.54, 1.807) is 24.1 Å². The molecule has 2 aliphatic rings. The van der Waals surface area contributed by atoms with Gasteiger partial charge in [0.1, 0.15) is 5.75 Å². The fourth-order valence-corrected chi connectivity index (χ4v) is 4.66. The second kappa shape index (κ2) is 7.34. The Morgan fingerprint density at radius 2 is 1.83 bits per heavy atom. The number of carbonyl (C=O) groups excluding carboxylic acids is 2. The normalized spacial score (nSPS) is 21.2. The lowest BCUT2D eigenvalue weighted by atomic mass is 9.69. The number of hydrogen-bond acceptors (Lipinski definition) is 3. The molecule has 0 bridgehead atoms. The number of ketones is 1. The number of hydrogen-bond donors (Lipinski definition) is 0. The van der Waals surface area contributed by atoms with Gasteiger partial charge in [-0.1, -0.05) is 43.6 Å². The number of ether oxygens (including phenoxy) is 1. The van der Waals surface area contributed by atoms with Crippen molar-refractivity contribution in [2.45, 2.75) is 39.0 Å². The maximum atomic E-state index is 13.3. The quantitative estimate of drug-likeness (QED) is 0.671. The molecule has 0 saturated carbocycles. The Labute approximate surface area is 176 Å². The first-order valence-corrected chi connectivity index (χ1v) is 10.2. The van der Waals surface area contributed by atoms with E-state index in [4.69, 9.17) is 16.3 Å². The summed E-state index contributed by atoms with van der Waals surface area (Å²) < 4.78 is 5.36. The predicted octanol–water partition coefficient (Wildman–Crippen LogP) is 5.51. The lowest BCUT2D eigenvalue weighted by Gasteiger charge is -2.43. The van der Waals surface area contributed by atoms with Crippen LogP contribution in [0.3, 0.4) is 0 Å². The van der Waals surface area contributed by atoms with Crippen LogP contribution in [0.25, 0.3) is 0 Å². The molecule has 150 valence electrons. The van der Waals surface area contributed by atoms with E-state index in [0.717, 1.165) is 22.6 Å².